The molecule has 1 atom stereocenters. The summed E-state index contributed by atoms with van der Waals surface area (Å²) in [6.45, 7) is 5.20. The Hall–Kier alpha value is -2.98. The lowest BCUT2D eigenvalue weighted by Gasteiger charge is -2.35. The summed E-state index contributed by atoms with van der Waals surface area (Å²) >= 11 is 1.37. The summed E-state index contributed by atoms with van der Waals surface area (Å²) in [5.41, 5.74) is 1.27. The summed E-state index contributed by atoms with van der Waals surface area (Å²) in [6.07, 6.45) is 5.24. The van der Waals surface area contributed by atoms with Gasteiger partial charge >= 0.3 is 5.97 Å². The number of aliphatic carboxylic acids is 1. The highest BCUT2D eigenvalue weighted by atomic mass is 32.1. The smallest absolute Gasteiger partial charge is 0.306 e. The second-order valence-electron chi connectivity index (χ2n) is 8.70. The summed E-state index contributed by atoms with van der Waals surface area (Å²) in [5.74, 6) is -1.32. The lowest BCUT2D eigenvalue weighted by molar-refractivity contribution is -0.144. The lowest BCUT2D eigenvalue weighted by atomic mass is 9.74. The van der Waals surface area contributed by atoms with E-state index in [4.69, 9.17) is 0 Å². The molecular formula is C23H26FN5O3S. The van der Waals surface area contributed by atoms with Crippen LogP contribution in [0.3, 0.4) is 0 Å². The Kier molecular flexibility index (Phi) is 6.40. The lowest BCUT2D eigenvalue weighted by Crippen LogP contribution is -2.35. The molecule has 0 bridgehead atoms. The van der Waals surface area contributed by atoms with Crippen molar-refractivity contribution in [1.29, 1.82) is 0 Å². The van der Waals surface area contributed by atoms with Crippen LogP contribution in [-0.4, -0.2) is 36.1 Å². The molecule has 1 unspecified atom stereocenters. The van der Waals surface area contributed by atoms with E-state index in [0.717, 1.165) is 16.8 Å². The van der Waals surface area contributed by atoms with Crippen LogP contribution in [0.1, 0.15) is 49.0 Å². The quantitative estimate of drug-likeness (QED) is 0.477. The van der Waals surface area contributed by atoms with Gasteiger partial charge in [0, 0.05) is 17.6 Å². The van der Waals surface area contributed by atoms with Gasteiger partial charge in [-0.05, 0) is 64.5 Å². The van der Waals surface area contributed by atoms with Crippen molar-refractivity contribution in [3.8, 4) is 10.6 Å². The number of aryl methyl sites for hydroxylation is 2. The van der Waals surface area contributed by atoms with Gasteiger partial charge in [-0.15, -0.1) is 11.3 Å². The van der Waals surface area contributed by atoms with E-state index in [9.17, 15) is 19.4 Å². The number of carbonyl (C=O) groups is 1. The number of halogens is 1. The Balaban J connectivity index is 1.54. The second kappa shape index (κ2) is 9.11. The van der Waals surface area contributed by atoms with E-state index in [1.165, 1.54) is 11.3 Å². The number of pyridine rings is 1. The first-order valence-corrected chi connectivity index (χ1v) is 11.6. The topological polar surface area (TPSA) is 121 Å². The Labute approximate surface area is 195 Å². The Bertz CT molecular complexity index is 1170. The van der Waals surface area contributed by atoms with E-state index >= 15 is 0 Å². The SMILES string of the molecule is Cc1cc(Nc2ncc(F)c(C)n2)cc(-c2cnc(C(C)(O)[C@H]3CC[C@H](C(=O)O)CC3)s2)n1. The average molecular weight is 472 g/mol. The molecule has 3 heterocycles. The number of carboxylic acid groups (broad SMARTS) is 1. The maximum atomic E-state index is 13.5. The van der Waals surface area contributed by atoms with Crippen molar-refractivity contribution in [2.45, 2.75) is 52.1 Å². The van der Waals surface area contributed by atoms with Crippen molar-refractivity contribution in [2.24, 2.45) is 11.8 Å². The highest BCUT2D eigenvalue weighted by Crippen LogP contribution is 2.43. The zero-order valence-corrected chi connectivity index (χ0v) is 19.5. The minimum absolute atomic E-state index is 0.0475. The number of hydrogen-bond donors (Lipinski definition) is 3. The second-order valence-corrected chi connectivity index (χ2v) is 9.73. The fourth-order valence-corrected chi connectivity index (χ4v) is 5.21. The van der Waals surface area contributed by atoms with Gasteiger partial charge in [-0.3, -0.25) is 9.78 Å². The van der Waals surface area contributed by atoms with Gasteiger partial charge in [-0.1, -0.05) is 0 Å². The minimum Gasteiger partial charge on any atom is -0.481 e. The Morgan fingerprint density at radius 2 is 1.88 bits per heavy atom. The van der Waals surface area contributed by atoms with Gasteiger partial charge in [0.2, 0.25) is 5.95 Å². The summed E-state index contributed by atoms with van der Waals surface area (Å²) in [4.78, 5) is 29.2. The molecule has 3 aromatic heterocycles. The number of rotatable bonds is 6. The van der Waals surface area contributed by atoms with Gasteiger partial charge in [0.05, 0.1) is 28.4 Å². The molecule has 0 aliphatic heterocycles. The molecule has 0 radical (unpaired) electrons. The molecule has 0 spiro atoms. The molecule has 1 fully saturated rings. The number of aromatic nitrogens is 4. The van der Waals surface area contributed by atoms with Crippen LogP contribution in [0.25, 0.3) is 10.6 Å². The van der Waals surface area contributed by atoms with E-state index in [1.54, 1.807) is 20.0 Å². The van der Waals surface area contributed by atoms with Crippen LogP contribution in [0.4, 0.5) is 16.0 Å². The number of anilines is 2. The van der Waals surface area contributed by atoms with Crippen molar-refractivity contribution in [3.63, 3.8) is 0 Å². The van der Waals surface area contributed by atoms with Crippen molar-refractivity contribution in [3.05, 3.63) is 46.7 Å². The molecule has 10 heteroatoms. The zero-order chi connectivity index (χ0) is 23.8. The minimum atomic E-state index is -1.14. The van der Waals surface area contributed by atoms with Crippen molar-refractivity contribution < 1.29 is 19.4 Å². The van der Waals surface area contributed by atoms with Crippen LogP contribution in [0.15, 0.2) is 24.5 Å². The van der Waals surface area contributed by atoms with Gasteiger partial charge in [-0.2, -0.15) is 0 Å². The van der Waals surface area contributed by atoms with Crippen molar-refractivity contribution in [2.75, 3.05) is 5.32 Å². The number of nitrogens with zero attached hydrogens (tertiary/aromatic N) is 4. The van der Waals surface area contributed by atoms with Crippen LogP contribution < -0.4 is 5.32 Å². The first-order valence-electron chi connectivity index (χ1n) is 10.8. The Morgan fingerprint density at radius 1 is 1.15 bits per heavy atom. The summed E-state index contributed by atoms with van der Waals surface area (Å²) < 4.78 is 13.5. The number of thiazole rings is 1. The highest BCUT2D eigenvalue weighted by molar-refractivity contribution is 7.15. The van der Waals surface area contributed by atoms with Gasteiger partial charge in [0.25, 0.3) is 0 Å². The molecule has 33 heavy (non-hydrogen) atoms. The van der Waals surface area contributed by atoms with Gasteiger partial charge < -0.3 is 15.5 Å². The van der Waals surface area contributed by atoms with E-state index in [-0.39, 0.29) is 23.5 Å². The fourth-order valence-electron chi connectivity index (χ4n) is 4.21. The number of aliphatic hydroxyl groups is 1. The third kappa shape index (κ3) is 5.01. The van der Waals surface area contributed by atoms with Crippen molar-refractivity contribution in [1.82, 2.24) is 19.9 Å². The number of hydrogen-bond acceptors (Lipinski definition) is 8. The predicted molar refractivity (Wildman–Crippen MR) is 123 cm³/mol. The third-order valence-corrected chi connectivity index (χ3v) is 7.44. The third-order valence-electron chi connectivity index (χ3n) is 6.19. The van der Waals surface area contributed by atoms with Crippen molar-refractivity contribution >= 4 is 28.9 Å². The molecular weight excluding hydrogens is 445 g/mol. The first kappa shape index (κ1) is 23.2. The van der Waals surface area contributed by atoms with Crippen LogP contribution in [0, 0.1) is 31.5 Å². The standard InChI is InChI=1S/C23H26FN5O3S/c1-12-8-16(29-22-26-10-17(24)13(2)28-22)9-18(27-12)19-11-25-21(33-19)23(3,32)15-6-4-14(5-7-15)20(30)31/h8-11,14-15,32H,4-7H2,1-3H3,(H,30,31)(H,26,27,28,29)/t14-,15-,23?. The van der Waals surface area contributed by atoms with Gasteiger partial charge in [0.1, 0.15) is 10.6 Å². The Morgan fingerprint density at radius 3 is 2.55 bits per heavy atom. The first-order chi connectivity index (χ1) is 15.6. The average Bonchev–Trinajstić information content (AvgIpc) is 3.27. The molecule has 174 valence electrons. The molecule has 3 aromatic rings. The maximum Gasteiger partial charge on any atom is 0.306 e. The molecule has 4 rings (SSSR count). The summed E-state index contributed by atoms with van der Waals surface area (Å²) in [7, 11) is 0. The van der Waals surface area contributed by atoms with E-state index < -0.39 is 17.4 Å². The zero-order valence-electron chi connectivity index (χ0n) is 18.7. The number of carboxylic acids is 1. The van der Waals surface area contributed by atoms with Crippen LogP contribution in [0.2, 0.25) is 0 Å². The van der Waals surface area contributed by atoms with E-state index in [0.29, 0.717) is 42.1 Å². The molecule has 8 nitrogen and oxygen atoms in total. The van der Waals surface area contributed by atoms with Crippen LogP contribution >= 0.6 is 11.3 Å². The summed E-state index contributed by atoms with van der Waals surface area (Å²) in [5, 5.41) is 24.2. The summed E-state index contributed by atoms with van der Waals surface area (Å²) in [6, 6.07) is 3.67. The van der Waals surface area contributed by atoms with Crippen LogP contribution in [-0.2, 0) is 10.4 Å². The normalized spacial score (nSPS) is 20.3. The molecule has 0 saturated heterocycles. The largest absolute Gasteiger partial charge is 0.481 e. The maximum absolute atomic E-state index is 13.5. The van der Waals surface area contributed by atoms with E-state index in [2.05, 4.69) is 25.3 Å². The molecule has 1 aliphatic carbocycles. The number of nitrogens with one attached hydrogen (secondary N) is 1. The highest BCUT2D eigenvalue weighted by Gasteiger charge is 2.40. The molecule has 0 aromatic carbocycles. The van der Waals surface area contributed by atoms with E-state index in [1.807, 2.05) is 19.1 Å². The molecule has 0 amide bonds. The van der Waals surface area contributed by atoms with Crippen LogP contribution in [0.5, 0.6) is 0 Å². The molecule has 1 aliphatic rings. The molecule has 3 N–H and O–H groups in total. The van der Waals surface area contributed by atoms with Gasteiger partial charge in [0.15, 0.2) is 5.82 Å². The monoisotopic (exact) mass is 471 g/mol. The van der Waals surface area contributed by atoms with Gasteiger partial charge in [-0.25, -0.2) is 19.3 Å². The predicted octanol–water partition coefficient (Wildman–Crippen LogP) is 4.59. The fraction of sp³-hybridized carbons (Fsp3) is 0.435. The molecule has 1 saturated carbocycles.